The van der Waals surface area contributed by atoms with Crippen molar-refractivity contribution in [1.82, 2.24) is 0 Å². The average molecular weight is 411 g/mol. The van der Waals surface area contributed by atoms with Crippen LogP contribution < -0.4 is 5.32 Å². The van der Waals surface area contributed by atoms with Gasteiger partial charge in [0.15, 0.2) is 17.5 Å². The van der Waals surface area contributed by atoms with Gasteiger partial charge in [0.25, 0.3) is 5.91 Å². The van der Waals surface area contributed by atoms with Crippen LogP contribution in [0.15, 0.2) is 35.2 Å². The maximum absolute atomic E-state index is 14.3. The molecule has 0 bridgehead atoms. The molecule has 0 heterocycles. The summed E-state index contributed by atoms with van der Waals surface area (Å²) in [6.07, 6.45) is 5.44. The van der Waals surface area contributed by atoms with Crippen molar-refractivity contribution in [3.8, 4) is 0 Å². The Hall–Kier alpha value is -2.02. The number of benzene rings is 2. The van der Waals surface area contributed by atoms with E-state index < -0.39 is 29.2 Å². The molecule has 1 fully saturated rings. The second kappa shape index (κ2) is 8.99. The van der Waals surface area contributed by atoms with Crippen molar-refractivity contribution in [2.45, 2.75) is 49.2 Å². The smallest absolute Gasteiger partial charge is 0.255 e. The summed E-state index contributed by atoms with van der Waals surface area (Å²) in [4.78, 5) is 12.8. The number of hydrogen-bond donors (Lipinski definition) is 1. The van der Waals surface area contributed by atoms with Gasteiger partial charge < -0.3 is 5.32 Å². The third-order valence-electron chi connectivity index (χ3n) is 4.87. The molecule has 0 saturated heterocycles. The normalized spacial score (nSPS) is 19.9. The molecule has 1 saturated carbocycles. The van der Waals surface area contributed by atoms with Gasteiger partial charge in [0, 0.05) is 33.5 Å². The topological polar surface area (TPSA) is 29.1 Å². The molecular weight excluding hydrogens is 390 g/mol. The molecule has 3 rings (SSSR count). The van der Waals surface area contributed by atoms with Gasteiger partial charge in [-0.2, -0.15) is 0 Å². The number of amides is 1. The van der Waals surface area contributed by atoms with Gasteiger partial charge in [-0.25, -0.2) is 17.6 Å². The second-order valence-corrected chi connectivity index (χ2v) is 8.56. The zero-order chi connectivity index (χ0) is 20.3. The van der Waals surface area contributed by atoms with Crippen molar-refractivity contribution in [3.05, 3.63) is 59.2 Å². The third-order valence-corrected chi connectivity index (χ3v) is 6.20. The van der Waals surface area contributed by atoms with E-state index in [9.17, 15) is 22.4 Å². The van der Waals surface area contributed by atoms with Gasteiger partial charge in [0.05, 0.1) is 0 Å². The van der Waals surface area contributed by atoms with Crippen LogP contribution in [0.5, 0.6) is 0 Å². The number of anilines is 1. The van der Waals surface area contributed by atoms with Crippen molar-refractivity contribution in [1.29, 1.82) is 0 Å². The van der Waals surface area contributed by atoms with Gasteiger partial charge >= 0.3 is 0 Å². The van der Waals surface area contributed by atoms with Gasteiger partial charge in [0.1, 0.15) is 5.82 Å². The van der Waals surface area contributed by atoms with Crippen LogP contribution in [0.3, 0.4) is 0 Å². The van der Waals surface area contributed by atoms with Crippen LogP contribution in [0, 0.1) is 29.2 Å². The standard InChI is InChI=1S/C21H21F4NOS/c1-12-4-2-3-5-15(8-12)28-19-9-13(6-7-16(19)22)21(27)26-14-10-17(23)20(25)18(24)11-14/h6-7,9-12,15H,2-5,8H2,1H3,(H,26,27). The molecule has 0 radical (unpaired) electrons. The Morgan fingerprint density at radius 1 is 1.00 bits per heavy atom. The van der Waals surface area contributed by atoms with Crippen LogP contribution in [0.4, 0.5) is 23.2 Å². The lowest BCUT2D eigenvalue weighted by atomic mass is 10.0. The molecule has 1 aliphatic rings. The molecule has 2 nitrogen and oxygen atoms in total. The van der Waals surface area contributed by atoms with Crippen LogP contribution in [0.2, 0.25) is 0 Å². The van der Waals surface area contributed by atoms with E-state index in [1.54, 1.807) is 0 Å². The highest BCUT2D eigenvalue weighted by Gasteiger charge is 2.21. The molecule has 2 atom stereocenters. The third kappa shape index (κ3) is 5.07. The summed E-state index contributed by atoms with van der Waals surface area (Å²) >= 11 is 1.43. The van der Waals surface area contributed by atoms with Crippen LogP contribution in [0.1, 0.15) is 49.4 Å². The maximum atomic E-state index is 14.3. The van der Waals surface area contributed by atoms with Gasteiger partial charge in [-0.05, 0) is 37.0 Å². The van der Waals surface area contributed by atoms with Crippen LogP contribution in [-0.2, 0) is 0 Å². The van der Waals surface area contributed by atoms with E-state index in [1.165, 1.54) is 42.8 Å². The fourth-order valence-electron chi connectivity index (χ4n) is 3.40. The predicted molar refractivity (Wildman–Crippen MR) is 103 cm³/mol. The zero-order valence-corrected chi connectivity index (χ0v) is 16.2. The summed E-state index contributed by atoms with van der Waals surface area (Å²) in [6, 6.07) is 5.36. The first-order valence-corrected chi connectivity index (χ1v) is 10.1. The molecule has 2 aromatic rings. The largest absolute Gasteiger partial charge is 0.322 e. The molecule has 1 aliphatic carbocycles. The fraction of sp³-hybridized carbons (Fsp3) is 0.381. The number of carbonyl (C=O) groups is 1. The molecule has 0 spiro atoms. The number of hydrogen-bond acceptors (Lipinski definition) is 2. The highest BCUT2D eigenvalue weighted by atomic mass is 32.2. The fourth-order valence-corrected chi connectivity index (χ4v) is 4.85. The van der Waals surface area contributed by atoms with Crippen LogP contribution in [0.25, 0.3) is 0 Å². The highest BCUT2D eigenvalue weighted by molar-refractivity contribution is 8.00. The number of carbonyl (C=O) groups excluding carboxylic acids is 1. The molecule has 1 N–H and O–H groups in total. The lowest BCUT2D eigenvalue weighted by Crippen LogP contribution is -2.13. The van der Waals surface area contributed by atoms with E-state index in [-0.39, 0.29) is 16.5 Å². The van der Waals surface area contributed by atoms with E-state index in [0.717, 1.165) is 19.3 Å². The molecule has 150 valence electrons. The number of nitrogens with one attached hydrogen (secondary N) is 1. The Balaban J connectivity index is 1.75. The molecule has 28 heavy (non-hydrogen) atoms. The van der Waals surface area contributed by atoms with Crippen molar-refractivity contribution < 1.29 is 22.4 Å². The maximum Gasteiger partial charge on any atom is 0.255 e. The Labute approximate surface area is 165 Å². The summed E-state index contributed by atoms with van der Waals surface area (Å²) in [5, 5.41) is 2.60. The number of halogens is 4. The van der Waals surface area contributed by atoms with Gasteiger partial charge in [-0.1, -0.05) is 26.2 Å². The highest BCUT2D eigenvalue weighted by Crippen LogP contribution is 2.36. The Bertz CT molecular complexity index is 850. The van der Waals surface area contributed by atoms with Crippen LogP contribution in [-0.4, -0.2) is 11.2 Å². The van der Waals surface area contributed by atoms with E-state index in [1.807, 2.05) is 0 Å². The van der Waals surface area contributed by atoms with Crippen molar-refractivity contribution in [2.24, 2.45) is 5.92 Å². The predicted octanol–water partition coefficient (Wildman–Crippen LogP) is 6.56. The van der Waals surface area contributed by atoms with Crippen LogP contribution >= 0.6 is 11.8 Å². The first kappa shape index (κ1) is 20.7. The minimum atomic E-state index is -1.60. The number of rotatable bonds is 4. The summed E-state index contributed by atoms with van der Waals surface area (Å²) in [7, 11) is 0. The zero-order valence-electron chi connectivity index (χ0n) is 15.4. The monoisotopic (exact) mass is 411 g/mol. The molecule has 7 heteroatoms. The molecule has 0 aliphatic heterocycles. The quantitative estimate of drug-likeness (QED) is 0.351. The molecule has 2 aromatic carbocycles. The Morgan fingerprint density at radius 3 is 2.39 bits per heavy atom. The number of thioether (sulfide) groups is 1. The minimum Gasteiger partial charge on any atom is -0.322 e. The van der Waals surface area contributed by atoms with E-state index in [2.05, 4.69) is 12.2 Å². The summed E-state index contributed by atoms with van der Waals surface area (Å²) in [5.74, 6) is -4.87. The van der Waals surface area contributed by atoms with Crippen molar-refractivity contribution in [3.63, 3.8) is 0 Å². The van der Waals surface area contributed by atoms with Gasteiger partial charge in [-0.3, -0.25) is 4.79 Å². The summed E-state index contributed by atoms with van der Waals surface area (Å²) < 4.78 is 53.9. The molecule has 0 aromatic heterocycles. The minimum absolute atomic E-state index is 0.163. The average Bonchev–Trinajstić information content (AvgIpc) is 2.85. The lowest BCUT2D eigenvalue weighted by Gasteiger charge is -2.17. The first-order chi connectivity index (χ1) is 13.3. The molecule has 1 amide bonds. The van der Waals surface area contributed by atoms with Crippen molar-refractivity contribution >= 4 is 23.4 Å². The Kier molecular flexibility index (Phi) is 6.65. The second-order valence-electron chi connectivity index (χ2n) is 7.22. The molecule has 2 unspecified atom stereocenters. The molecular formula is C21H21F4NOS. The van der Waals surface area contributed by atoms with Crippen molar-refractivity contribution in [2.75, 3.05) is 5.32 Å². The van der Waals surface area contributed by atoms with E-state index in [0.29, 0.717) is 22.9 Å². The van der Waals surface area contributed by atoms with Gasteiger partial charge in [-0.15, -0.1) is 11.8 Å². The van der Waals surface area contributed by atoms with Gasteiger partial charge in [0.2, 0.25) is 0 Å². The Morgan fingerprint density at radius 2 is 1.68 bits per heavy atom. The summed E-state index contributed by atoms with van der Waals surface area (Å²) in [6.45, 7) is 2.19. The lowest BCUT2D eigenvalue weighted by molar-refractivity contribution is 0.102. The summed E-state index contributed by atoms with van der Waals surface area (Å²) in [5.41, 5.74) is -0.0479. The SMILES string of the molecule is CC1CCCCC(Sc2cc(C(=O)Nc3cc(F)c(F)c(F)c3)ccc2F)C1. The van der Waals surface area contributed by atoms with E-state index >= 15 is 0 Å². The first-order valence-electron chi connectivity index (χ1n) is 9.25. The van der Waals surface area contributed by atoms with E-state index in [4.69, 9.17) is 0 Å².